The van der Waals surface area contributed by atoms with E-state index in [1.54, 1.807) is 0 Å². The summed E-state index contributed by atoms with van der Waals surface area (Å²) in [6.07, 6.45) is 0. The summed E-state index contributed by atoms with van der Waals surface area (Å²) in [4.78, 5) is 18.2. The Balaban J connectivity index is 1.36. The van der Waals surface area contributed by atoms with Gasteiger partial charge >= 0.3 is 0 Å². The highest BCUT2D eigenvalue weighted by Gasteiger charge is 2.24. The van der Waals surface area contributed by atoms with E-state index in [2.05, 4.69) is 172 Å². The van der Waals surface area contributed by atoms with Gasteiger partial charge in [-0.15, -0.1) is 0 Å². The first kappa shape index (κ1) is 33.2. The molecule has 3 heterocycles. The number of benzene rings is 7. The fourth-order valence-corrected chi connectivity index (χ4v) is 8.24. The summed E-state index contributed by atoms with van der Waals surface area (Å²) in [5.74, 6) is 1.71. The first-order chi connectivity index (χ1) is 27.3. The maximum Gasteiger partial charge on any atom is 0.200 e. The molecule has 10 rings (SSSR count). The highest BCUT2D eigenvalue weighted by Crippen LogP contribution is 2.43. The lowest BCUT2D eigenvalue weighted by Gasteiger charge is -2.20. The Labute approximate surface area is 324 Å². The molecule has 0 fully saturated rings. The van der Waals surface area contributed by atoms with Gasteiger partial charge in [-0.05, 0) is 86.3 Å². The highest BCUT2D eigenvalue weighted by molar-refractivity contribution is 6.13. The summed E-state index contributed by atoms with van der Waals surface area (Å²) in [5.41, 5.74) is 14.2. The third kappa shape index (κ3) is 5.36. The SMILES string of the molecule is [C-]#[N+]c1cc(-n2c3ccccc3c3ccc(-c4ccc(C)cc4)cc32)c(-n2c3ccccc3c3ccc(-c4ccc(C)cc4)cc32)cc1-c1nc(C)nc(C)n1. The lowest BCUT2D eigenvalue weighted by Crippen LogP contribution is -2.06. The zero-order chi connectivity index (χ0) is 38.1. The highest BCUT2D eigenvalue weighted by atomic mass is 15.1. The van der Waals surface area contributed by atoms with Gasteiger partial charge in [-0.2, -0.15) is 0 Å². The van der Waals surface area contributed by atoms with Crippen molar-refractivity contribution in [2.75, 3.05) is 0 Å². The van der Waals surface area contributed by atoms with E-state index in [-0.39, 0.29) is 0 Å². The molecular formula is C50H36N6. The Kier molecular flexibility index (Phi) is 7.65. The van der Waals surface area contributed by atoms with Crippen LogP contribution in [-0.2, 0) is 0 Å². The number of hydrogen-bond acceptors (Lipinski definition) is 3. The van der Waals surface area contributed by atoms with Crippen molar-refractivity contribution >= 4 is 49.3 Å². The van der Waals surface area contributed by atoms with Gasteiger partial charge in [-0.1, -0.05) is 120 Å². The van der Waals surface area contributed by atoms with E-state index in [9.17, 15) is 0 Å². The molecule has 0 N–H and O–H groups in total. The maximum absolute atomic E-state index is 8.54. The maximum atomic E-state index is 8.54. The van der Waals surface area contributed by atoms with E-state index in [0.717, 1.165) is 77.2 Å². The molecule has 0 bridgehead atoms. The van der Waals surface area contributed by atoms with Crippen LogP contribution < -0.4 is 0 Å². The predicted octanol–water partition coefficient (Wildman–Crippen LogP) is 12.9. The Morgan fingerprint density at radius 2 is 0.857 bits per heavy atom. The van der Waals surface area contributed by atoms with Crippen molar-refractivity contribution in [2.45, 2.75) is 27.7 Å². The van der Waals surface area contributed by atoms with Crippen molar-refractivity contribution in [3.8, 4) is 45.0 Å². The van der Waals surface area contributed by atoms with E-state index < -0.39 is 0 Å². The summed E-state index contributed by atoms with van der Waals surface area (Å²) >= 11 is 0. The minimum Gasteiger partial charge on any atom is -0.308 e. The van der Waals surface area contributed by atoms with Crippen LogP contribution in [0.15, 0.2) is 146 Å². The van der Waals surface area contributed by atoms with Crippen LogP contribution in [0.5, 0.6) is 0 Å². The molecule has 0 radical (unpaired) electrons. The average molecular weight is 721 g/mol. The summed E-state index contributed by atoms with van der Waals surface area (Å²) in [5, 5.41) is 4.58. The van der Waals surface area contributed by atoms with Gasteiger partial charge < -0.3 is 9.13 Å². The first-order valence-corrected chi connectivity index (χ1v) is 18.8. The van der Waals surface area contributed by atoms with Gasteiger partial charge in [-0.3, -0.25) is 0 Å². The molecule has 3 aromatic heterocycles. The van der Waals surface area contributed by atoms with Crippen molar-refractivity contribution in [1.29, 1.82) is 0 Å². The number of hydrogen-bond donors (Lipinski definition) is 0. The molecule has 0 aliphatic carbocycles. The van der Waals surface area contributed by atoms with Gasteiger partial charge in [-0.25, -0.2) is 19.8 Å². The molecule has 6 nitrogen and oxygen atoms in total. The van der Waals surface area contributed by atoms with E-state index in [1.165, 1.54) is 11.1 Å². The van der Waals surface area contributed by atoms with Gasteiger partial charge in [0.2, 0.25) is 0 Å². The van der Waals surface area contributed by atoms with Gasteiger partial charge in [0.1, 0.15) is 11.6 Å². The predicted molar refractivity (Wildman–Crippen MR) is 230 cm³/mol. The molecule has 6 heteroatoms. The second kappa shape index (κ2) is 12.9. The molecule has 0 aliphatic rings. The zero-order valence-electron chi connectivity index (χ0n) is 31.5. The van der Waals surface area contributed by atoms with Crippen LogP contribution >= 0.6 is 0 Å². The Hall–Kier alpha value is -7.36. The number of nitrogens with zero attached hydrogens (tertiary/aromatic N) is 6. The Morgan fingerprint density at radius 3 is 1.34 bits per heavy atom. The summed E-state index contributed by atoms with van der Waals surface area (Å²) in [6, 6.07) is 52.1. The second-order valence-electron chi connectivity index (χ2n) is 14.6. The summed E-state index contributed by atoms with van der Waals surface area (Å²) in [7, 11) is 0. The molecule has 0 atom stereocenters. The van der Waals surface area contributed by atoms with Crippen LogP contribution in [0.1, 0.15) is 22.8 Å². The minimum absolute atomic E-state index is 0.468. The van der Waals surface area contributed by atoms with E-state index in [1.807, 2.05) is 19.9 Å². The number of fused-ring (bicyclic) bond motifs is 6. The molecule has 0 saturated carbocycles. The van der Waals surface area contributed by atoms with Crippen LogP contribution in [-0.4, -0.2) is 24.1 Å². The van der Waals surface area contributed by atoms with Gasteiger partial charge in [0.15, 0.2) is 11.5 Å². The Bertz CT molecular complexity index is 3210. The molecule has 0 amide bonds. The molecular weight excluding hydrogens is 685 g/mol. The molecule has 266 valence electrons. The average Bonchev–Trinajstić information content (AvgIpc) is 3.72. The monoisotopic (exact) mass is 720 g/mol. The van der Waals surface area contributed by atoms with Crippen molar-refractivity contribution in [1.82, 2.24) is 24.1 Å². The van der Waals surface area contributed by atoms with Crippen LogP contribution in [0, 0.1) is 34.3 Å². The third-order valence-corrected chi connectivity index (χ3v) is 10.9. The van der Waals surface area contributed by atoms with E-state index in [4.69, 9.17) is 16.5 Å². The van der Waals surface area contributed by atoms with Crippen LogP contribution in [0.3, 0.4) is 0 Å². The summed E-state index contributed by atoms with van der Waals surface area (Å²) in [6.45, 7) is 16.5. The van der Waals surface area contributed by atoms with E-state index >= 15 is 0 Å². The fraction of sp³-hybridized carbons (Fsp3) is 0.0800. The van der Waals surface area contributed by atoms with Crippen molar-refractivity contribution < 1.29 is 0 Å². The smallest absolute Gasteiger partial charge is 0.200 e. The minimum atomic E-state index is 0.468. The van der Waals surface area contributed by atoms with E-state index in [0.29, 0.717) is 28.7 Å². The second-order valence-corrected chi connectivity index (χ2v) is 14.6. The number of aryl methyl sites for hydroxylation is 4. The molecule has 56 heavy (non-hydrogen) atoms. The van der Waals surface area contributed by atoms with Crippen molar-refractivity contribution in [3.63, 3.8) is 0 Å². The topological polar surface area (TPSA) is 52.9 Å². The molecule has 0 saturated heterocycles. The van der Waals surface area contributed by atoms with Crippen LogP contribution in [0.2, 0.25) is 0 Å². The standard InChI is InChI=1S/C50H36N6/c1-30-14-18-34(19-15-30)36-22-24-40-38-10-6-8-12-44(38)55(46(40)26-36)48-28-42(50-53-32(3)52-33(4)54-50)43(51-5)29-49(48)56-45-13-9-7-11-39(45)41-25-23-37(27-47(41)56)35-20-16-31(2)17-21-35/h6-29H,1-4H3. The van der Waals surface area contributed by atoms with Crippen LogP contribution in [0.25, 0.3) is 93.5 Å². The lowest BCUT2D eigenvalue weighted by atomic mass is 10.0. The van der Waals surface area contributed by atoms with Gasteiger partial charge in [0.25, 0.3) is 0 Å². The zero-order valence-corrected chi connectivity index (χ0v) is 31.5. The first-order valence-electron chi connectivity index (χ1n) is 18.8. The summed E-state index contributed by atoms with van der Waals surface area (Å²) < 4.78 is 4.70. The fourth-order valence-electron chi connectivity index (χ4n) is 8.24. The molecule has 0 aliphatic heterocycles. The normalized spacial score (nSPS) is 11.6. The number of rotatable bonds is 5. The molecule has 0 spiro atoms. The lowest BCUT2D eigenvalue weighted by molar-refractivity contribution is 0.928. The third-order valence-electron chi connectivity index (χ3n) is 10.9. The van der Waals surface area contributed by atoms with Crippen molar-refractivity contribution in [3.05, 3.63) is 180 Å². The molecule has 10 aromatic rings. The van der Waals surface area contributed by atoms with Gasteiger partial charge in [0, 0.05) is 27.1 Å². The van der Waals surface area contributed by atoms with Crippen LogP contribution in [0.4, 0.5) is 5.69 Å². The number of para-hydroxylation sites is 2. The molecule has 0 unspecified atom stereocenters. The Morgan fingerprint density at radius 1 is 0.429 bits per heavy atom. The van der Waals surface area contributed by atoms with Gasteiger partial charge in [0.05, 0.1) is 40.0 Å². The van der Waals surface area contributed by atoms with Crippen molar-refractivity contribution in [2.24, 2.45) is 0 Å². The largest absolute Gasteiger partial charge is 0.308 e. The quantitative estimate of drug-likeness (QED) is 0.166. The molecule has 7 aromatic carbocycles. The number of aromatic nitrogens is 5.